The van der Waals surface area contributed by atoms with Gasteiger partial charge in [0.1, 0.15) is 11.5 Å². The monoisotopic (exact) mass is 283 g/mol. The van der Waals surface area contributed by atoms with Gasteiger partial charge in [-0.2, -0.15) is 0 Å². The van der Waals surface area contributed by atoms with Gasteiger partial charge in [-0.25, -0.2) is 0 Å². The maximum absolute atomic E-state index is 11.3. The van der Waals surface area contributed by atoms with Crippen molar-refractivity contribution in [1.82, 2.24) is 4.57 Å². The van der Waals surface area contributed by atoms with Gasteiger partial charge in [0.15, 0.2) is 0 Å². The first-order valence-electron chi connectivity index (χ1n) is 4.63. The number of fused-ring (bicyclic) bond motifs is 1. The van der Waals surface area contributed by atoms with Crippen LogP contribution in [-0.2, 0) is 0 Å². The number of nitrogens with zero attached hydrogens (tertiary/aromatic N) is 1. The molecular weight excluding hydrogens is 274 g/mol. The Morgan fingerprint density at radius 1 is 1.50 bits per heavy atom. The van der Waals surface area contributed by atoms with Gasteiger partial charge in [-0.3, -0.25) is 9.36 Å². The third-order valence-corrected chi connectivity index (χ3v) is 3.02. The Balaban J connectivity index is 2.82. The van der Waals surface area contributed by atoms with E-state index < -0.39 is 0 Å². The largest absolute Gasteiger partial charge is 0.506 e. The predicted molar refractivity (Wildman–Crippen MR) is 64.2 cm³/mol. The molecular formula is C11H10BrNO3. The van der Waals surface area contributed by atoms with Crippen LogP contribution in [0.2, 0.25) is 0 Å². The molecule has 0 fully saturated rings. The number of aromatic nitrogens is 1. The average molecular weight is 284 g/mol. The summed E-state index contributed by atoms with van der Waals surface area (Å²) in [5.74, 6) is 0.530. The Labute approximate surface area is 101 Å². The number of methoxy groups -OCH3 is 1. The number of aromatic hydroxyl groups is 1. The van der Waals surface area contributed by atoms with Crippen LogP contribution >= 0.6 is 15.9 Å². The van der Waals surface area contributed by atoms with Gasteiger partial charge in [0.2, 0.25) is 5.91 Å². The Hall–Kier alpha value is -1.49. The lowest BCUT2D eigenvalue weighted by Gasteiger charge is -2.04. The van der Waals surface area contributed by atoms with Crippen LogP contribution in [0.4, 0.5) is 0 Å². The van der Waals surface area contributed by atoms with Crippen molar-refractivity contribution >= 4 is 32.7 Å². The number of ether oxygens (including phenoxy) is 1. The molecule has 4 nitrogen and oxygen atoms in total. The Morgan fingerprint density at radius 2 is 2.19 bits per heavy atom. The summed E-state index contributed by atoms with van der Waals surface area (Å²) in [4.78, 5) is 11.3. The number of hydrogen-bond donors (Lipinski definition) is 1. The Kier molecular flexibility index (Phi) is 2.63. The highest BCUT2D eigenvalue weighted by molar-refractivity contribution is 9.10. The summed E-state index contributed by atoms with van der Waals surface area (Å²) in [6.07, 6.45) is 1.40. The van der Waals surface area contributed by atoms with Crippen LogP contribution in [-0.4, -0.2) is 22.7 Å². The van der Waals surface area contributed by atoms with E-state index in [0.717, 1.165) is 4.47 Å². The summed E-state index contributed by atoms with van der Waals surface area (Å²) in [5, 5.41) is 10.3. The lowest BCUT2D eigenvalue weighted by atomic mass is 10.2. The first kappa shape index (κ1) is 11.0. The molecule has 0 aliphatic rings. The molecule has 0 radical (unpaired) electrons. The summed E-state index contributed by atoms with van der Waals surface area (Å²) in [6, 6.07) is 3.43. The maximum atomic E-state index is 11.3. The standard InChI is InChI=1S/C11H10BrNO3/c1-6(14)13-5-10(15)7-3-11(16-2)8(12)4-9(7)13/h3-5,15H,1-2H3. The average Bonchev–Trinajstić information content (AvgIpc) is 2.54. The second-order valence-electron chi connectivity index (χ2n) is 3.41. The van der Waals surface area contributed by atoms with Crippen molar-refractivity contribution in [1.29, 1.82) is 0 Å². The molecule has 0 saturated heterocycles. The minimum Gasteiger partial charge on any atom is -0.506 e. The normalized spacial score (nSPS) is 10.7. The minimum atomic E-state index is -0.151. The molecule has 0 saturated carbocycles. The summed E-state index contributed by atoms with van der Waals surface area (Å²) in [7, 11) is 1.55. The van der Waals surface area contributed by atoms with Crippen molar-refractivity contribution in [2.75, 3.05) is 7.11 Å². The number of benzene rings is 1. The second-order valence-corrected chi connectivity index (χ2v) is 4.26. The third kappa shape index (κ3) is 1.57. The van der Waals surface area contributed by atoms with E-state index in [1.54, 1.807) is 19.2 Å². The number of halogens is 1. The summed E-state index contributed by atoms with van der Waals surface area (Å²) < 4.78 is 7.26. The van der Waals surface area contributed by atoms with Crippen LogP contribution < -0.4 is 4.74 Å². The fraction of sp³-hybridized carbons (Fsp3) is 0.182. The molecule has 0 spiro atoms. The summed E-state index contributed by atoms with van der Waals surface area (Å²) in [6.45, 7) is 1.44. The highest BCUT2D eigenvalue weighted by Gasteiger charge is 2.13. The van der Waals surface area contributed by atoms with E-state index in [4.69, 9.17) is 4.74 Å². The van der Waals surface area contributed by atoms with E-state index in [2.05, 4.69) is 15.9 Å². The van der Waals surface area contributed by atoms with Crippen LogP contribution in [0.5, 0.6) is 11.5 Å². The highest BCUT2D eigenvalue weighted by Crippen LogP contribution is 2.35. The summed E-state index contributed by atoms with van der Waals surface area (Å²) in [5.41, 5.74) is 0.651. The van der Waals surface area contributed by atoms with Crippen molar-refractivity contribution in [2.45, 2.75) is 6.92 Å². The lowest BCUT2D eigenvalue weighted by molar-refractivity contribution is 0.0941. The fourth-order valence-electron chi connectivity index (χ4n) is 1.63. The molecule has 0 bridgehead atoms. The molecule has 5 heteroatoms. The van der Waals surface area contributed by atoms with E-state index in [9.17, 15) is 9.90 Å². The van der Waals surface area contributed by atoms with Crippen LogP contribution in [0.25, 0.3) is 10.9 Å². The van der Waals surface area contributed by atoms with Gasteiger partial charge in [-0.1, -0.05) is 0 Å². The van der Waals surface area contributed by atoms with E-state index in [1.807, 2.05) is 0 Å². The molecule has 1 heterocycles. The first-order chi connectivity index (χ1) is 7.54. The zero-order valence-electron chi connectivity index (χ0n) is 8.82. The van der Waals surface area contributed by atoms with E-state index >= 15 is 0 Å². The molecule has 1 N–H and O–H groups in total. The number of carbonyl (C=O) groups is 1. The van der Waals surface area contributed by atoms with Crippen molar-refractivity contribution in [3.8, 4) is 11.5 Å². The van der Waals surface area contributed by atoms with Crippen LogP contribution in [0, 0.1) is 0 Å². The van der Waals surface area contributed by atoms with Crippen LogP contribution in [0.15, 0.2) is 22.8 Å². The maximum Gasteiger partial charge on any atom is 0.228 e. The quantitative estimate of drug-likeness (QED) is 0.876. The molecule has 16 heavy (non-hydrogen) atoms. The predicted octanol–water partition coefficient (Wildman–Crippen LogP) is 2.78. The van der Waals surface area contributed by atoms with Gasteiger partial charge >= 0.3 is 0 Å². The highest BCUT2D eigenvalue weighted by atomic mass is 79.9. The number of carbonyl (C=O) groups excluding carboxylic acids is 1. The van der Waals surface area contributed by atoms with Gasteiger partial charge in [0.05, 0.1) is 23.3 Å². The Morgan fingerprint density at radius 3 is 2.75 bits per heavy atom. The zero-order chi connectivity index (χ0) is 11.9. The number of hydrogen-bond acceptors (Lipinski definition) is 3. The topological polar surface area (TPSA) is 51.5 Å². The lowest BCUT2D eigenvalue weighted by Crippen LogP contribution is -2.02. The van der Waals surface area contributed by atoms with E-state index in [0.29, 0.717) is 16.7 Å². The summed E-state index contributed by atoms with van der Waals surface area (Å²) >= 11 is 3.34. The molecule has 0 aliphatic heterocycles. The van der Waals surface area contributed by atoms with Gasteiger partial charge < -0.3 is 9.84 Å². The van der Waals surface area contributed by atoms with Crippen molar-refractivity contribution in [3.63, 3.8) is 0 Å². The second kappa shape index (κ2) is 3.83. The molecule has 1 aromatic carbocycles. The molecule has 0 aliphatic carbocycles. The SMILES string of the molecule is COc1cc2c(O)cn(C(C)=O)c2cc1Br. The van der Waals surface area contributed by atoms with Crippen molar-refractivity contribution < 1.29 is 14.6 Å². The van der Waals surface area contributed by atoms with Gasteiger partial charge in [0, 0.05) is 12.3 Å². The minimum absolute atomic E-state index is 0.0657. The smallest absolute Gasteiger partial charge is 0.228 e. The third-order valence-electron chi connectivity index (χ3n) is 2.40. The molecule has 0 amide bonds. The van der Waals surface area contributed by atoms with Gasteiger partial charge in [-0.15, -0.1) is 0 Å². The van der Waals surface area contributed by atoms with Crippen LogP contribution in [0.3, 0.4) is 0 Å². The van der Waals surface area contributed by atoms with Crippen LogP contribution in [0.1, 0.15) is 11.7 Å². The van der Waals surface area contributed by atoms with Crippen molar-refractivity contribution in [2.24, 2.45) is 0 Å². The zero-order valence-corrected chi connectivity index (χ0v) is 10.4. The molecule has 2 aromatic rings. The number of rotatable bonds is 1. The molecule has 1 aromatic heterocycles. The van der Waals surface area contributed by atoms with Gasteiger partial charge in [-0.05, 0) is 28.1 Å². The van der Waals surface area contributed by atoms with E-state index in [-0.39, 0.29) is 11.7 Å². The van der Waals surface area contributed by atoms with E-state index in [1.165, 1.54) is 17.7 Å². The molecule has 2 rings (SSSR count). The molecule has 84 valence electrons. The fourth-order valence-corrected chi connectivity index (χ4v) is 2.12. The van der Waals surface area contributed by atoms with Crippen molar-refractivity contribution in [3.05, 3.63) is 22.8 Å². The Bertz CT molecular complexity index is 574. The molecule has 0 unspecified atom stereocenters. The first-order valence-corrected chi connectivity index (χ1v) is 5.42. The molecule has 0 atom stereocenters. The van der Waals surface area contributed by atoms with Gasteiger partial charge in [0.25, 0.3) is 0 Å².